The molecule has 0 saturated carbocycles. The van der Waals surface area contributed by atoms with Crippen LogP contribution in [0.25, 0.3) is 0 Å². The van der Waals surface area contributed by atoms with Gasteiger partial charge in [0, 0.05) is 37.6 Å². The maximum absolute atomic E-state index is 12.8. The summed E-state index contributed by atoms with van der Waals surface area (Å²) in [6.07, 6.45) is 4.87. The largest absolute Gasteiger partial charge is 0.335 e. The molecule has 1 aliphatic heterocycles. The van der Waals surface area contributed by atoms with Crippen LogP contribution in [0.15, 0.2) is 36.4 Å². The second-order valence-corrected chi connectivity index (χ2v) is 7.96. The molecule has 0 radical (unpaired) electrons. The predicted octanol–water partition coefficient (Wildman–Crippen LogP) is 4.01. The molecule has 1 aliphatic carbocycles. The van der Waals surface area contributed by atoms with Gasteiger partial charge in [-0.15, -0.1) is 23.7 Å². The highest BCUT2D eigenvalue weighted by Gasteiger charge is 2.25. The molecule has 1 amide bonds. The van der Waals surface area contributed by atoms with Gasteiger partial charge in [0.05, 0.1) is 4.88 Å². The van der Waals surface area contributed by atoms with Gasteiger partial charge in [-0.05, 0) is 42.9 Å². The number of amides is 1. The van der Waals surface area contributed by atoms with E-state index in [0.717, 1.165) is 50.4 Å². The van der Waals surface area contributed by atoms with E-state index in [4.69, 9.17) is 0 Å². The molecule has 0 bridgehead atoms. The number of hydrogen-bond donors (Lipinski definition) is 0. The Labute approximate surface area is 160 Å². The standard InChI is InChI=1S/C20H24N2OS.ClH/c23-20(19-14-17-8-4-5-9-18(17)24-19)22-12-10-21(11-13-22)15-16-6-2-1-3-7-16;/h1-3,6-7,14H,4-5,8-13,15H2;1H. The molecule has 1 aromatic carbocycles. The molecule has 0 atom stereocenters. The Kier molecular flexibility index (Phi) is 6.15. The number of piperazine rings is 1. The summed E-state index contributed by atoms with van der Waals surface area (Å²) in [6.45, 7) is 4.59. The number of benzene rings is 1. The molecular weight excluding hydrogens is 352 g/mol. The lowest BCUT2D eigenvalue weighted by Crippen LogP contribution is -2.48. The smallest absolute Gasteiger partial charge is 0.264 e. The fourth-order valence-corrected chi connectivity index (χ4v) is 4.92. The van der Waals surface area contributed by atoms with Crippen molar-refractivity contribution >= 4 is 29.7 Å². The minimum Gasteiger partial charge on any atom is -0.335 e. The normalized spacial score (nSPS) is 17.7. The topological polar surface area (TPSA) is 23.6 Å². The molecule has 25 heavy (non-hydrogen) atoms. The van der Waals surface area contributed by atoms with E-state index in [-0.39, 0.29) is 18.3 Å². The summed E-state index contributed by atoms with van der Waals surface area (Å²) >= 11 is 1.74. The molecule has 134 valence electrons. The molecule has 0 unspecified atom stereocenters. The van der Waals surface area contributed by atoms with Crippen molar-refractivity contribution in [2.75, 3.05) is 26.2 Å². The number of hydrogen-bond acceptors (Lipinski definition) is 3. The maximum atomic E-state index is 12.8. The number of rotatable bonds is 3. The number of halogens is 1. The first-order valence-electron chi connectivity index (χ1n) is 8.97. The third-order valence-corrected chi connectivity index (χ3v) is 6.34. The Hall–Kier alpha value is -1.36. The van der Waals surface area contributed by atoms with Crippen LogP contribution < -0.4 is 0 Å². The summed E-state index contributed by atoms with van der Waals surface area (Å²) in [5, 5.41) is 0. The van der Waals surface area contributed by atoms with Crippen LogP contribution in [0.1, 0.15) is 38.5 Å². The lowest BCUT2D eigenvalue weighted by atomic mass is 9.99. The molecule has 0 spiro atoms. The SMILES string of the molecule is Cl.O=C(c1cc2c(s1)CCCC2)N1CCN(Cc2ccccc2)CC1. The van der Waals surface area contributed by atoms with Crippen LogP contribution >= 0.6 is 23.7 Å². The second kappa shape index (κ2) is 8.35. The minimum atomic E-state index is 0. The van der Waals surface area contributed by atoms with Crippen LogP contribution in [0.5, 0.6) is 0 Å². The number of carbonyl (C=O) groups excluding carboxylic acids is 1. The van der Waals surface area contributed by atoms with Gasteiger partial charge in [-0.1, -0.05) is 30.3 Å². The van der Waals surface area contributed by atoms with Crippen LogP contribution in [0, 0.1) is 0 Å². The van der Waals surface area contributed by atoms with Gasteiger partial charge in [-0.25, -0.2) is 0 Å². The van der Waals surface area contributed by atoms with Crippen LogP contribution in [0.4, 0.5) is 0 Å². The minimum absolute atomic E-state index is 0. The lowest BCUT2D eigenvalue weighted by Gasteiger charge is -2.34. The van der Waals surface area contributed by atoms with Crippen molar-refractivity contribution in [3.05, 3.63) is 57.3 Å². The Bertz CT molecular complexity index is 684. The predicted molar refractivity (Wildman–Crippen MR) is 106 cm³/mol. The molecule has 2 heterocycles. The van der Waals surface area contributed by atoms with E-state index in [0.29, 0.717) is 0 Å². The number of thiophene rings is 1. The highest BCUT2D eigenvalue weighted by Crippen LogP contribution is 2.30. The first-order chi connectivity index (χ1) is 11.8. The van der Waals surface area contributed by atoms with Crippen molar-refractivity contribution in [1.29, 1.82) is 0 Å². The Morgan fingerprint density at radius 1 is 1.00 bits per heavy atom. The summed E-state index contributed by atoms with van der Waals surface area (Å²) in [5.74, 6) is 0.244. The number of nitrogens with zero attached hydrogens (tertiary/aromatic N) is 2. The maximum Gasteiger partial charge on any atom is 0.264 e. The second-order valence-electron chi connectivity index (χ2n) is 6.82. The monoisotopic (exact) mass is 376 g/mol. The van der Waals surface area contributed by atoms with E-state index in [2.05, 4.69) is 41.3 Å². The molecule has 1 saturated heterocycles. The van der Waals surface area contributed by atoms with E-state index in [1.165, 1.54) is 28.8 Å². The zero-order valence-corrected chi connectivity index (χ0v) is 16.1. The molecule has 3 nitrogen and oxygen atoms in total. The molecule has 0 N–H and O–H groups in total. The van der Waals surface area contributed by atoms with Crippen molar-refractivity contribution in [2.45, 2.75) is 32.2 Å². The quantitative estimate of drug-likeness (QED) is 0.808. The average Bonchev–Trinajstić information content (AvgIpc) is 3.07. The van der Waals surface area contributed by atoms with Crippen molar-refractivity contribution < 1.29 is 4.79 Å². The summed E-state index contributed by atoms with van der Waals surface area (Å²) in [5.41, 5.74) is 2.78. The van der Waals surface area contributed by atoms with E-state index >= 15 is 0 Å². The summed E-state index contributed by atoms with van der Waals surface area (Å²) in [7, 11) is 0. The van der Waals surface area contributed by atoms with Gasteiger partial charge < -0.3 is 4.90 Å². The zero-order valence-electron chi connectivity index (χ0n) is 14.4. The molecule has 1 fully saturated rings. The van der Waals surface area contributed by atoms with Crippen molar-refractivity contribution in [1.82, 2.24) is 9.80 Å². The van der Waals surface area contributed by atoms with Crippen LogP contribution in [-0.4, -0.2) is 41.9 Å². The highest BCUT2D eigenvalue weighted by atomic mass is 35.5. The Balaban J connectivity index is 0.00000182. The van der Waals surface area contributed by atoms with E-state index in [1.807, 2.05) is 4.90 Å². The van der Waals surface area contributed by atoms with Gasteiger partial charge in [-0.3, -0.25) is 9.69 Å². The van der Waals surface area contributed by atoms with Crippen LogP contribution in [0.3, 0.4) is 0 Å². The molecule has 4 rings (SSSR count). The Morgan fingerprint density at radius 3 is 2.44 bits per heavy atom. The van der Waals surface area contributed by atoms with E-state index in [1.54, 1.807) is 11.3 Å². The van der Waals surface area contributed by atoms with Gasteiger partial charge in [0.2, 0.25) is 0 Å². The average molecular weight is 377 g/mol. The molecule has 2 aromatic rings. The Morgan fingerprint density at radius 2 is 1.72 bits per heavy atom. The number of carbonyl (C=O) groups is 1. The molecule has 5 heteroatoms. The molecular formula is C20H25ClN2OS. The summed E-state index contributed by atoms with van der Waals surface area (Å²) in [4.78, 5) is 19.7. The van der Waals surface area contributed by atoms with Gasteiger partial charge in [0.25, 0.3) is 5.91 Å². The van der Waals surface area contributed by atoms with Crippen molar-refractivity contribution in [3.63, 3.8) is 0 Å². The third-order valence-electron chi connectivity index (χ3n) is 5.12. The summed E-state index contributed by atoms with van der Waals surface area (Å²) < 4.78 is 0. The summed E-state index contributed by atoms with van der Waals surface area (Å²) in [6, 6.07) is 12.8. The van der Waals surface area contributed by atoms with Crippen molar-refractivity contribution in [2.24, 2.45) is 0 Å². The van der Waals surface area contributed by atoms with E-state index < -0.39 is 0 Å². The van der Waals surface area contributed by atoms with Gasteiger partial charge in [0.15, 0.2) is 0 Å². The number of aryl methyl sites for hydroxylation is 2. The van der Waals surface area contributed by atoms with E-state index in [9.17, 15) is 4.79 Å². The first kappa shape index (κ1) is 18.4. The van der Waals surface area contributed by atoms with Gasteiger partial charge >= 0.3 is 0 Å². The van der Waals surface area contributed by atoms with Crippen LogP contribution in [-0.2, 0) is 19.4 Å². The van der Waals surface area contributed by atoms with Crippen molar-refractivity contribution in [3.8, 4) is 0 Å². The molecule has 2 aliphatic rings. The molecule has 1 aromatic heterocycles. The zero-order chi connectivity index (χ0) is 16.4. The third kappa shape index (κ3) is 4.25. The van der Waals surface area contributed by atoms with Gasteiger partial charge in [0.1, 0.15) is 0 Å². The van der Waals surface area contributed by atoms with Crippen LogP contribution in [0.2, 0.25) is 0 Å². The fraction of sp³-hybridized carbons (Fsp3) is 0.450. The first-order valence-corrected chi connectivity index (χ1v) is 9.78. The van der Waals surface area contributed by atoms with Gasteiger partial charge in [-0.2, -0.15) is 0 Å². The lowest BCUT2D eigenvalue weighted by molar-refractivity contribution is 0.0633. The fourth-order valence-electron chi connectivity index (χ4n) is 3.70. The highest BCUT2D eigenvalue weighted by molar-refractivity contribution is 7.14. The number of fused-ring (bicyclic) bond motifs is 1.